The summed E-state index contributed by atoms with van der Waals surface area (Å²) in [6, 6.07) is 6.42. The van der Waals surface area contributed by atoms with Crippen molar-refractivity contribution in [3.05, 3.63) is 29.3 Å². The van der Waals surface area contributed by atoms with Gasteiger partial charge in [0.1, 0.15) is 0 Å². The molecule has 0 heterocycles. The third kappa shape index (κ3) is 1.79. The van der Waals surface area contributed by atoms with E-state index in [1.807, 2.05) is 6.92 Å². The molecule has 0 atom stereocenters. The quantitative estimate of drug-likeness (QED) is 0.562. The van der Waals surface area contributed by atoms with E-state index in [1.165, 1.54) is 30.4 Å². The molecule has 0 saturated carbocycles. The molecule has 14 heavy (non-hydrogen) atoms. The molecule has 0 bridgehead atoms. The van der Waals surface area contributed by atoms with E-state index in [1.54, 1.807) is 0 Å². The van der Waals surface area contributed by atoms with Crippen LogP contribution in [0.5, 0.6) is 0 Å². The SMILES string of the molecule is CCC(N)=Nc1ccc2c(c1)CCC2. The smallest absolute Gasteiger partial charge is 0.0993 e. The van der Waals surface area contributed by atoms with Crippen LogP contribution in [-0.2, 0) is 12.8 Å². The van der Waals surface area contributed by atoms with Crippen LogP contribution in [0.15, 0.2) is 23.2 Å². The molecule has 0 amide bonds. The van der Waals surface area contributed by atoms with Crippen LogP contribution in [0, 0.1) is 0 Å². The van der Waals surface area contributed by atoms with Gasteiger partial charge in [0.05, 0.1) is 11.5 Å². The number of nitrogens with zero attached hydrogens (tertiary/aromatic N) is 1. The first-order chi connectivity index (χ1) is 6.79. The Labute approximate surface area is 84.9 Å². The van der Waals surface area contributed by atoms with Gasteiger partial charge in [-0.1, -0.05) is 13.0 Å². The number of amidine groups is 1. The minimum Gasteiger partial charge on any atom is -0.387 e. The molecule has 1 aliphatic carbocycles. The summed E-state index contributed by atoms with van der Waals surface area (Å²) in [7, 11) is 0. The lowest BCUT2D eigenvalue weighted by Crippen LogP contribution is -2.08. The minimum atomic E-state index is 0.711. The van der Waals surface area contributed by atoms with Crippen molar-refractivity contribution in [2.45, 2.75) is 32.6 Å². The van der Waals surface area contributed by atoms with E-state index < -0.39 is 0 Å². The van der Waals surface area contributed by atoms with Crippen LogP contribution in [0.3, 0.4) is 0 Å². The largest absolute Gasteiger partial charge is 0.387 e. The van der Waals surface area contributed by atoms with Gasteiger partial charge in [0.2, 0.25) is 0 Å². The molecular weight excluding hydrogens is 172 g/mol. The molecule has 74 valence electrons. The second-order valence-corrected chi connectivity index (χ2v) is 3.76. The van der Waals surface area contributed by atoms with E-state index in [0.717, 1.165) is 12.1 Å². The maximum atomic E-state index is 5.70. The van der Waals surface area contributed by atoms with E-state index >= 15 is 0 Å². The highest BCUT2D eigenvalue weighted by atomic mass is 14.8. The summed E-state index contributed by atoms with van der Waals surface area (Å²) in [5, 5.41) is 0. The molecule has 0 saturated heterocycles. The fourth-order valence-corrected chi connectivity index (χ4v) is 1.87. The van der Waals surface area contributed by atoms with Crippen LogP contribution in [-0.4, -0.2) is 5.84 Å². The van der Waals surface area contributed by atoms with Gasteiger partial charge in [-0.15, -0.1) is 0 Å². The Morgan fingerprint density at radius 2 is 2.14 bits per heavy atom. The Balaban J connectivity index is 2.29. The predicted molar refractivity (Wildman–Crippen MR) is 60.0 cm³/mol. The standard InChI is InChI=1S/C12H16N2/c1-2-12(13)14-11-7-6-9-4-3-5-10(9)8-11/h6-8H,2-5H2,1H3,(H2,13,14). The van der Waals surface area contributed by atoms with Crippen molar-refractivity contribution in [3.8, 4) is 0 Å². The third-order valence-electron chi connectivity index (χ3n) is 2.72. The monoisotopic (exact) mass is 188 g/mol. The summed E-state index contributed by atoms with van der Waals surface area (Å²) in [4.78, 5) is 4.35. The molecule has 0 aromatic heterocycles. The molecule has 1 aliphatic rings. The molecule has 0 spiro atoms. The van der Waals surface area contributed by atoms with E-state index in [-0.39, 0.29) is 0 Å². The van der Waals surface area contributed by atoms with E-state index in [4.69, 9.17) is 5.73 Å². The molecule has 0 aliphatic heterocycles. The lowest BCUT2D eigenvalue weighted by molar-refractivity contribution is 0.912. The highest BCUT2D eigenvalue weighted by Gasteiger charge is 2.10. The van der Waals surface area contributed by atoms with Crippen LogP contribution in [0.1, 0.15) is 30.9 Å². The van der Waals surface area contributed by atoms with Crippen molar-refractivity contribution in [1.82, 2.24) is 0 Å². The lowest BCUT2D eigenvalue weighted by Gasteiger charge is -2.01. The van der Waals surface area contributed by atoms with Gasteiger partial charge in [-0.25, -0.2) is 4.99 Å². The molecule has 0 radical (unpaired) electrons. The number of rotatable bonds is 2. The molecule has 1 aromatic carbocycles. The van der Waals surface area contributed by atoms with Gasteiger partial charge in [-0.05, 0) is 42.5 Å². The Morgan fingerprint density at radius 1 is 1.36 bits per heavy atom. The van der Waals surface area contributed by atoms with Gasteiger partial charge in [0, 0.05) is 6.42 Å². The fraction of sp³-hybridized carbons (Fsp3) is 0.417. The number of fused-ring (bicyclic) bond motifs is 1. The van der Waals surface area contributed by atoms with Gasteiger partial charge >= 0.3 is 0 Å². The normalized spacial score (nSPS) is 15.6. The number of hydrogen-bond acceptors (Lipinski definition) is 1. The summed E-state index contributed by atoms with van der Waals surface area (Å²) in [6.07, 6.45) is 4.52. The first-order valence-electron chi connectivity index (χ1n) is 5.24. The second kappa shape index (κ2) is 3.82. The Hall–Kier alpha value is -1.31. The average molecular weight is 188 g/mol. The zero-order valence-electron chi connectivity index (χ0n) is 8.59. The number of aliphatic imine (C=N–C) groups is 1. The maximum Gasteiger partial charge on any atom is 0.0993 e. The van der Waals surface area contributed by atoms with Crippen molar-refractivity contribution in [2.24, 2.45) is 10.7 Å². The third-order valence-corrected chi connectivity index (χ3v) is 2.72. The van der Waals surface area contributed by atoms with Gasteiger partial charge in [0.15, 0.2) is 0 Å². The highest BCUT2D eigenvalue weighted by molar-refractivity contribution is 5.82. The molecule has 1 aromatic rings. The first kappa shape index (κ1) is 9.25. The summed E-state index contributed by atoms with van der Waals surface area (Å²) >= 11 is 0. The molecular formula is C12H16N2. The zero-order chi connectivity index (χ0) is 9.97. The molecule has 2 N–H and O–H groups in total. The first-order valence-corrected chi connectivity index (χ1v) is 5.24. The van der Waals surface area contributed by atoms with Gasteiger partial charge < -0.3 is 5.73 Å². The molecule has 2 heteroatoms. The summed E-state index contributed by atoms with van der Waals surface area (Å²) in [6.45, 7) is 2.02. The van der Waals surface area contributed by atoms with Gasteiger partial charge in [0.25, 0.3) is 0 Å². The van der Waals surface area contributed by atoms with Crippen molar-refractivity contribution in [1.29, 1.82) is 0 Å². The summed E-state index contributed by atoms with van der Waals surface area (Å²) in [5.74, 6) is 0.711. The summed E-state index contributed by atoms with van der Waals surface area (Å²) < 4.78 is 0. The van der Waals surface area contributed by atoms with Crippen molar-refractivity contribution < 1.29 is 0 Å². The Kier molecular flexibility index (Phi) is 2.53. The highest BCUT2D eigenvalue weighted by Crippen LogP contribution is 2.26. The topological polar surface area (TPSA) is 38.4 Å². The van der Waals surface area contributed by atoms with Crippen LogP contribution in [0.4, 0.5) is 5.69 Å². The molecule has 0 unspecified atom stereocenters. The van der Waals surface area contributed by atoms with E-state index in [9.17, 15) is 0 Å². The number of hydrogen-bond donors (Lipinski definition) is 1. The molecule has 0 fully saturated rings. The van der Waals surface area contributed by atoms with Crippen LogP contribution in [0.25, 0.3) is 0 Å². The number of nitrogens with two attached hydrogens (primary N) is 1. The average Bonchev–Trinajstić information content (AvgIpc) is 2.64. The van der Waals surface area contributed by atoms with Crippen molar-refractivity contribution in [3.63, 3.8) is 0 Å². The maximum absolute atomic E-state index is 5.70. The lowest BCUT2D eigenvalue weighted by atomic mass is 10.1. The Bertz CT molecular complexity index is 367. The molecule has 2 nitrogen and oxygen atoms in total. The fourth-order valence-electron chi connectivity index (χ4n) is 1.87. The summed E-state index contributed by atoms with van der Waals surface area (Å²) in [5.41, 5.74) is 9.64. The zero-order valence-corrected chi connectivity index (χ0v) is 8.59. The van der Waals surface area contributed by atoms with Crippen molar-refractivity contribution >= 4 is 11.5 Å². The van der Waals surface area contributed by atoms with Crippen LogP contribution >= 0.6 is 0 Å². The van der Waals surface area contributed by atoms with Crippen LogP contribution < -0.4 is 5.73 Å². The second-order valence-electron chi connectivity index (χ2n) is 3.76. The molecule has 2 rings (SSSR count). The predicted octanol–water partition coefficient (Wildman–Crippen LogP) is 2.57. The van der Waals surface area contributed by atoms with Crippen LogP contribution in [0.2, 0.25) is 0 Å². The van der Waals surface area contributed by atoms with E-state index in [2.05, 4.69) is 23.2 Å². The number of aryl methyl sites for hydroxylation is 2. The van der Waals surface area contributed by atoms with Gasteiger partial charge in [-0.2, -0.15) is 0 Å². The van der Waals surface area contributed by atoms with Gasteiger partial charge in [-0.3, -0.25) is 0 Å². The minimum absolute atomic E-state index is 0.711. The number of benzene rings is 1. The van der Waals surface area contributed by atoms with E-state index in [0.29, 0.717) is 5.84 Å². The Morgan fingerprint density at radius 3 is 2.93 bits per heavy atom. The van der Waals surface area contributed by atoms with Crippen molar-refractivity contribution in [2.75, 3.05) is 0 Å².